The van der Waals surface area contributed by atoms with Crippen molar-refractivity contribution in [3.05, 3.63) is 12.2 Å². The number of hydrogen-bond acceptors (Lipinski definition) is 4. The van der Waals surface area contributed by atoms with Crippen LogP contribution in [0.1, 0.15) is 64.4 Å². The molecule has 1 aromatic rings. The van der Waals surface area contributed by atoms with E-state index in [0.29, 0.717) is 13.1 Å². The maximum Gasteiger partial charge on any atom is 0.225 e. The lowest BCUT2D eigenvalue weighted by molar-refractivity contribution is -0.136. The Morgan fingerprint density at radius 3 is 2.38 bits per heavy atom. The normalized spacial score (nSPS) is 20.2. The molecule has 1 aromatic heterocycles. The molecule has 0 radical (unpaired) electrons. The predicted molar refractivity (Wildman–Crippen MR) is 89.0 cm³/mol. The molecule has 1 aliphatic heterocycles. The van der Waals surface area contributed by atoms with Crippen molar-refractivity contribution in [3.8, 4) is 0 Å². The summed E-state index contributed by atoms with van der Waals surface area (Å²) >= 11 is 0. The molecule has 1 aliphatic carbocycles. The van der Waals surface area contributed by atoms with Crippen molar-refractivity contribution < 1.29 is 9.59 Å². The number of aromatic nitrogens is 3. The van der Waals surface area contributed by atoms with Gasteiger partial charge in [-0.25, -0.2) is 0 Å². The van der Waals surface area contributed by atoms with E-state index >= 15 is 0 Å². The van der Waals surface area contributed by atoms with Crippen LogP contribution in [-0.4, -0.2) is 44.6 Å². The molecular formula is C17H27N5O2. The standard InChI is InChI=1S/C17H27N5O2/c1-11(2)22-10-18-20-15(22)12(3)19-16(23)13-6-8-21(9-7-13)17(24)14-4-5-14/h10-14H,4-9H2,1-3H3,(H,19,23)/t12-/m1/s1. The first-order valence-corrected chi connectivity index (χ1v) is 8.96. The molecule has 1 N–H and O–H groups in total. The van der Waals surface area contributed by atoms with Crippen LogP contribution >= 0.6 is 0 Å². The van der Waals surface area contributed by atoms with Gasteiger partial charge in [-0.05, 0) is 46.5 Å². The molecule has 0 unspecified atom stereocenters. The topological polar surface area (TPSA) is 80.1 Å². The van der Waals surface area contributed by atoms with Gasteiger partial charge in [-0.1, -0.05) is 0 Å². The highest BCUT2D eigenvalue weighted by Crippen LogP contribution is 2.32. The second-order valence-electron chi connectivity index (χ2n) is 7.29. The lowest BCUT2D eigenvalue weighted by Crippen LogP contribution is -2.44. The fraction of sp³-hybridized carbons (Fsp3) is 0.765. The van der Waals surface area contributed by atoms with Crippen LogP contribution in [0.15, 0.2) is 6.33 Å². The Labute approximate surface area is 142 Å². The first-order chi connectivity index (χ1) is 11.5. The molecule has 132 valence electrons. The monoisotopic (exact) mass is 333 g/mol. The summed E-state index contributed by atoms with van der Waals surface area (Å²) in [5.74, 6) is 1.36. The van der Waals surface area contributed by atoms with E-state index in [9.17, 15) is 9.59 Å². The number of carbonyl (C=O) groups excluding carboxylic acids is 2. The highest BCUT2D eigenvalue weighted by molar-refractivity contribution is 5.82. The summed E-state index contributed by atoms with van der Waals surface area (Å²) in [4.78, 5) is 26.5. The average Bonchev–Trinajstić information content (AvgIpc) is 3.29. The van der Waals surface area contributed by atoms with E-state index in [4.69, 9.17) is 0 Å². The average molecular weight is 333 g/mol. The number of nitrogens with one attached hydrogen (secondary N) is 1. The highest BCUT2D eigenvalue weighted by atomic mass is 16.2. The lowest BCUT2D eigenvalue weighted by Gasteiger charge is -2.32. The van der Waals surface area contributed by atoms with Crippen LogP contribution in [0.25, 0.3) is 0 Å². The zero-order valence-electron chi connectivity index (χ0n) is 14.7. The number of hydrogen-bond donors (Lipinski definition) is 1. The van der Waals surface area contributed by atoms with Crippen LogP contribution in [0, 0.1) is 11.8 Å². The minimum absolute atomic E-state index is 0.0221. The van der Waals surface area contributed by atoms with E-state index in [1.807, 2.05) is 16.4 Å². The Bertz CT molecular complexity index is 600. The van der Waals surface area contributed by atoms with Gasteiger partial charge >= 0.3 is 0 Å². The Morgan fingerprint density at radius 2 is 1.79 bits per heavy atom. The third-order valence-electron chi connectivity index (χ3n) is 5.01. The van der Waals surface area contributed by atoms with E-state index in [0.717, 1.165) is 31.5 Å². The summed E-state index contributed by atoms with van der Waals surface area (Å²) < 4.78 is 1.97. The lowest BCUT2D eigenvalue weighted by atomic mass is 9.95. The van der Waals surface area contributed by atoms with Gasteiger partial charge in [-0.2, -0.15) is 0 Å². The summed E-state index contributed by atoms with van der Waals surface area (Å²) in [6, 6.07) is 0.0829. The Kier molecular flexibility index (Phi) is 4.87. The number of carbonyl (C=O) groups is 2. The van der Waals surface area contributed by atoms with Gasteiger partial charge in [-0.3, -0.25) is 9.59 Å². The molecule has 24 heavy (non-hydrogen) atoms. The second-order valence-corrected chi connectivity index (χ2v) is 7.29. The van der Waals surface area contributed by atoms with Crippen LogP contribution in [0.3, 0.4) is 0 Å². The molecule has 0 aromatic carbocycles. The molecule has 2 amide bonds. The van der Waals surface area contributed by atoms with Gasteiger partial charge < -0.3 is 14.8 Å². The van der Waals surface area contributed by atoms with Crippen LogP contribution in [0.2, 0.25) is 0 Å². The molecule has 0 bridgehead atoms. The summed E-state index contributed by atoms with van der Waals surface area (Å²) in [5.41, 5.74) is 0. The Hall–Kier alpha value is -1.92. The van der Waals surface area contributed by atoms with Gasteiger partial charge in [0.2, 0.25) is 11.8 Å². The van der Waals surface area contributed by atoms with Gasteiger partial charge in [0.25, 0.3) is 0 Å². The zero-order chi connectivity index (χ0) is 17.3. The predicted octanol–water partition coefficient (Wildman–Crippen LogP) is 1.68. The molecule has 2 heterocycles. The van der Waals surface area contributed by atoms with Gasteiger partial charge in [0.05, 0.1) is 6.04 Å². The summed E-state index contributed by atoms with van der Waals surface area (Å²) in [6.07, 6.45) is 5.26. The summed E-state index contributed by atoms with van der Waals surface area (Å²) in [7, 11) is 0. The van der Waals surface area contributed by atoms with E-state index in [1.165, 1.54) is 0 Å². The van der Waals surface area contributed by atoms with Crippen molar-refractivity contribution in [2.75, 3.05) is 13.1 Å². The zero-order valence-corrected chi connectivity index (χ0v) is 14.7. The fourth-order valence-electron chi connectivity index (χ4n) is 3.31. The third kappa shape index (κ3) is 3.60. The maximum absolute atomic E-state index is 12.5. The van der Waals surface area contributed by atoms with Gasteiger partial charge in [0.15, 0.2) is 5.82 Å². The van der Waals surface area contributed by atoms with Crippen LogP contribution < -0.4 is 5.32 Å². The minimum atomic E-state index is -0.173. The van der Waals surface area contributed by atoms with Crippen molar-refractivity contribution in [1.82, 2.24) is 25.0 Å². The number of amides is 2. The molecule has 1 saturated carbocycles. The van der Waals surface area contributed by atoms with E-state index in [1.54, 1.807) is 6.33 Å². The number of piperidine rings is 1. The largest absolute Gasteiger partial charge is 0.346 e. The quantitative estimate of drug-likeness (QED) is 0.889. The van der Waals surface area contributed by atoms with Crippen molar-refractivity contribution in [3.63, 3.8) is 0 Å². The highest BCUT2D eigenvalue weighted by Gasteiger charge is 2.36. The molecule has 7 heteroatoms. The number of nitrogens with zero attached hydrogens (tertiary/aromatic N) is 4. The van der Waals surface area contributed by atoms with Gasteiger partial charge in [0, 0.05) is 31.0 Å². The first-order valence-electron chi connectivity index (χ1n) is 8.96. The Morgan fingerprint density at radius 1 is 1.12 bits per heavy atom. The van der Waals surface area contributed by atoms with Crippen molar-refractivity contribution in [2.45, 2.75) is 58.5 Å². The van der Waals surface area contributed by atoms with Crippen LogP contribution in [0.5, 0.6) is 0 Å². The van der Waals surface area contributed by atoms with Crippen LogP contribution in [-0.2, 0) is 9.59 Å². The molecule has 7 nitrogen and oxygen atoms in total. The number of rotatable bonds is 5. The molecule has 1 saturated heterocycles. The number of likely N-dealkylation sites (tertiary alicyclic amines) is 1. The maximum atomic E-state index is 12.5. The second kappa shape index (κ2) is 6.91. The minimum Gasteiger partial charge on any atom is -0.346 e. The fourth-order valence-corrected chi connectivity index (χ4v) is 3.31. The van der Waals surface area contributed by atoms with Crippen molar-refractivity contribution in [1.29, 1.82) is 0 Å². The van der Waals surface area contributed by atoms with Gasteiger partial charge in [-0.15, -0.1) is 10.2 Å². The van der Waals surface area contributed by atoms with Gasteiger partial charge in [0.1, 0.15) is 6.33 Å². The smallest absolute Gasteiger partial charge is 0.225 e. The molecule has 3 rings (SSSR count). The van der Waals surface area contributed by atoms with E-state index < -0.39 is 0 Å². The molecule has 0 spiro atoms. The Balaban J connectivity index is 1.52. The van der Waals surface area contributed by atoms with Crippen molar-refractivity contribution >= 4 is 11.8 Å². The first kappa shape index (κ1) is 16.9. The third-order valence-corrected chi connectivity index (χ3v) is 5.01. The summed E-state index contributed by atoms with van der Waals surface area (Å²) in [6.45, 7) is 7.46. The summed E-state index contributed by atoms with van der Waals surface area (Å²) in [5, 5.41) is 11.2. The van der Waals surface area contributed by atoms with E-state index in [2.05, 4.69) is 29.4 Å². The van der Waals surface area contributed by atoms with Crippen LogP contribution in [0.4, 0.5) is 0 Å². The molecule has 1 atom stereocenters. The SMILES string of the molecule is CC(C)n1cnnc1[C@@H](C)NC(=O)C1CCN(C(=O)C2CC2)CC1. The molecule has 2 aliphatic rings. The molecule has 2 fully saturated rings. The molecular weight excluding hydrogens is 306 g/mol. The van der Waals surface area contributed by atoms with E-state index in [-0.39, 0.29) is 35.7 Å². The van der Waals surface area contributed by atoms with Crippen molar-refractivity contribution in [2.24, 2.45) is 11.8 Å².